The minimum atomic E-state index is -3.80. The van der Waals surface area contributed by atoms with Crippen LogP contribution in [0.5, 0.6) is 0 Å². The molecule has 2 aliphatic rings. The maximum atomic E-state index is 14.6. The SMILES string of the molecule is O=C(O)[C@@H]1CC[C@](F)(CNS(=O)(=O)N2Cc3ccccc3C2)C1. The highest BCUT2D eigenvalue weighted by molar-refractivity contribution is 7.87. The van der Waals surface area contributed by atoms with E-state index in [-0.39, 0.29) is 38.9 Å². The normalized spacial score (nSPS) is 28.0. The summed E-state index contributed by atoms with van der Waals surface area (Å²) >= 11 is 0. The lowest BCUT2D eigenvalue weighted by molar-refractivity contribution is -0.141. The molecule has 8 heteroatoms. The molecule has 0 saturated heterocycles. The highest BCUT2D eigenvalue weighted by atomic mass is 32.2. The molecule has 2 atom stereocenters. The molecule has 1 saturated carbocycles. The quantitative estimate of drug-likeness (QED) is 0.847. The van der Waals surface area contributed by atoms with E-state index in [2.05, 4.69) is 4.72 Å². The molecule has 126 valence electrons. The highest BCUT2D eigenvalue weighted by Crippen LogP contribution is 2.37. The largest absolute Gasteiger partial charge is 0.481 e. The van der Waals surface area contributed by atoms with Gasteiger partial charge in [-0.05, 0) is 30.4 Å². The molecule has 2 N–H and O–H groups in total. The second-order valence-electron chi connectivity index (χ2n) is 6.29. The monoisotopic (exact) mass is 342 g/mol. The number of nitrogens with one attached hydrogen (secondary N) is 1. The van der Waals surface area contributed by atoms with Crippen molar-refractivity contribution in [3.63, 3.8) is 0 Å². The summed E-state index contributed by atoms with van der Waals surface area (Å²) in [6.07, 6.45) is 0.153. The Hall–Kier alpha value is -1.51. The van der Waals surface area contributed by atoms with Gasteiger partial charge in [0.25, 0.3) is 10.2 Å². The summed E-state index contributed by atoms with van der Waals surface area (Å²) in [5, 5.41) is 8.93. The van der Waals surface area contributed by atoms with Gasteiger partial charge in [0.05, 0.1) is 5.92 Å². The zero-order valence-corrected chi connectivity index (χ0v) is 13.4. The molecule has 1 heterocycles. The minimum absolute atomic E-state index is 0.0622. The number of hydrogen-bond donors (Lipinski definition) is 2. The Labute approximate surface area is 134 Å². The van der Waals surface area contributed by atoms with Crippen LogP contribution in [-0.4, -0.2) is 36.0 Å². The van der Waals surface area contributed by atoms with E-state index < -0.39 is 27.8 Å². The number of carboxylic acid groups (broad SMARTS) is 1. The molecule has 3 rings (SSSR count). The lowest BCUT2D eigenvalue weighted by atomic mass is 10.0. The van der Waals surface area contributed by atoms with Crippen LogP contribution in [0.25, 0.3) is 0 Å². The second kappa shape index (κ2) is 5.85. The van der Waals surface area contributed by atoms with E-state index in [4.69, 9.17) is 5.11 Å². The molecule has 1 aromatic rings. The number of hydrogen-bond acceptors (Lipinski definition) is 3. The van der Waals surface area contributed by atoms with Crippen molar-refractivity contribution in [2.75, 3.05) is 6.54 Å². The van der Waals surface area contributed by atoms with Crippen molar-refractivity contribution in [3.05, 3.63) is 35.4 Å². The van der Waals surface area contributed by atoms with Crippen LogP contribution in [0.1, 0.15) is 30.4 Å². The van der Waals surface area contributed by atoms with Crippen molar-refractivity contribution < 1.29 is 22.7 Å². The Kier molecular flexibility index (Phi) is 4.16. The second-order valence-corrected chi connectivity index (χ2v) is 8.05. The Morgan fingerprint density at radius 1 is 1.35 bits per heavy atom. The zero-order valence-electron chi connectivity index (χ0n) is 12.5. The van der Waals surface area contributed by atoms with Gasteiger partial charge >= 0.3 is 5.97 Å². The van der Waals surface area contributed by atoms with E-state index in [1.807, 2.05) is 24.3 Å². The van der Waals surface area contributed by atoms with Gasteiger partial charge in [0.1, 0.15) is 5.67 Å². The van der Waals surface area contributed by atoms with Gasteiger partial charge in [0, 0.05) is 19.6 Å². The van der Waals surface area contributed by atoms with Gasteiger partial charge in [-0.1, -0.05) is 24.3 Å². The third-order valence-electron chi connectivity index (χ3n) is 4.63. The number of aliphatic carboxylic acids is 1. The van der Waals surface area contributed by atoms with Gasteiger partial charge in [0.15, 0.2) is 0 Å². The summed E-state index contributed by atoms with van der Waals surface area (Å²) < 4.78 is 42.9. The first-order valence-corrected chi connectivity index (χ1v) is 8.96. The molecule has 1 aromatic carbocycles. The minimum Gasteiger partial charge on any atom is -0.481 e. The predicted molar refractivity (Wildman–Crippen MR) is 81.4 cm³/mol. The third kappa shape index (κ3) is 3.39. The summed E-state index contributed by atoms with van der Waals surface area (Å²) in [5.74, 6) is -1.76. The van der Waals surface area contributed by atoms with Crippen LogP contribution in [0.15, 0.2) is 24.3 Å². The third-order valence-corrected chi connectivity index (χ3v) is 6.07. The van der Waals surface area contributed by atoms with Gasteiger partial charge in [0.2, 0.25) is 0 Å². The van der Waals surface area contributed by atoms with Gasteiger partial charge in [-0.2, -0.15) is 17.4 Å². The van der Waals surface area contributed by atoms with Crippen LogP contribution >= 0.6 is 0 Å². The fourth-order valence-electron chi connectivity index (χ4n) is 3.23. The van der Waals surface area contributed by atoms with Crippen molar-refractivity contribution in [3.8, 4) is 0 Å². The molecule has 0 amide bonds. The first kappa shape index (κ1) is 16.4. The fourth-order valence-corrected chi connectivity index (χ4v) is 4.48. The van der Waals surface area contributed by atoms with Crippen molar-refractivity contribution in [2.45, 2.75) is 38.0 Å². The lowest BCUT2D eigenvalue weighted by Crippen LogP contribution is -2.44. The van der Waals surface area contributed by atoms with E-state index >= 15 is 0 Å². The topological polar surface area (TPSA) is 86.7 Å². The predicted octanol–water partition coefficient (Wildman–Crippen LogP) is 1.43. The van der Waals surface area contributed by atoms with Crippen LogP contribution in [0, 0.1) is 5.92 Å². The van der Waals surface area contributed by atoms with Gasteiger partial charge in [-0.25, -0.2) is 4.39 Å². The lowest BCUT2D eigenvalue weighted by Gasteiger charge is -2.22. The van der Waals surface area contributed by atoms with Crippen LogP contribution in [-0.2, 0) is 28.1 Å². The molecule has 1 aliphatic carbocycles. The van der Waals surface area contributed by atoms with E-state index in [0.29, 0.717) is 0 Å². The molecular formula is C15H19FN2O4S. The molecule has 0 unspecified atom stereocenters. The molecular weight excluding hydrogens is 323 g/mol. The van der Waals surface area contributed by atoms with Gasteiger partial charge in [-0.15, -0.1) is 0 Å². The highest BCUT2D eigenvalue weighted by Gasteiger charge is 2.43. The Morgan fingerprint density at radius 3 is 2.48 bits per heavy atom. The Morgan fingerprint density at radius 2 is 1.96 bits per heavy atom. The van der Waals surface area contributed by atoms with E-state index in [1.165, 1.54) is 4.31 Å². The first-order chi connectivity index (χ1) is 10.8. The number of benzene rings is 1. The average molecular weight is 342 g/mol. The van der Waals surface area contributed by atoms with E-state index in [1.54, 1.807) is 0 Å². The molecule has 1 fully saturated rings. The summed E-state index contributed by atoms with van der Waals surface area (Å²) in [6.45, 7) is 0.150. The first-order valence-electron chi connectivity index (χ1n) is 7.52. The molecule has 0 aromatic heterocycles. The smallest absolute Gasteiger partial charge is 0.306 e. The number of fused-ring (bicyclic) bond motifs is 1. The maximum Gasteiger partial charge on any atom is 0.306 e. The van der Waals surface area contributed by atoms with Crippen LogP contribution in [0.4, 0.5) is 4.39 Å². The summed E-state index contributed by atoms with van der Waals surface area (Å²) in [5.41, 5.74) is 0.0992. The maximum absolute atomic E-state index is 14.6. The number of rotatable bonds is 5. The number of carbonyl (C=O) groups is 1. The number of alkyl halides is 1. The standard InChI is InChI=1S/C15H19FN2O4S/c16-15(6-5-11(7-15)14(19)20)10-17-23(21,22)18-8-12-3-1-2-4-13(12)9-18/h1-4,11,17H,5-10H2,(H,19,20)/t11-,15-/m1/s1. The van der Waals surface area contributed by atoms with Crippen molar-refractivity contribution in [1.29, 1.82) is 0 Å². The van der Waals surface area contributed by atoms with E-state index in [0.717, 1.165) is 11.1 Å². The van der Waals surface area contributed by atoms with E-state index in [9.17, 15) is 17.6 Å². The molecule has 6 nitrogen and oxygen atoms in total. The van der Waals surface area contributed by atoms with Crippen LogP contribution in [0.2, 0.25) is 0 Å². The average Bonchev–Trinajstić information content (AvgIpc) is 3.10. The summed E-state index contributed by atoms with van der Waals surface area (Å²) in [6, 6.07) is 7.44. The molecule has 23 heavy (non-hydrogen) atoms. The molecule has 0 bridgehead atoms. The molecule has 0 spiro atoms. The van der Waals surface area contributed by atoms with Crippen molar-refractivity contribution in [1.82, 2.24) is 9.03 Å². The van der Waals surface area contributed by atoms with Gasteiger partial charge < -0.3 is 5.11 Å². The summed E-state index contributed by atoms with van der Waals surface area (Å²) in [4.78, 5) is 10.9. The number of nitrogens with zero attached hydrogens (tertiary/aromatic N) is 1. The van der Waals surface area contributed by atoms with Crippen LogP contribution in [0.3, 0.4) is 0 Å². The number of carboxylic acids is 1. The van der Waals surface area contributed by atoms with Gasteiger partial charge in [-0.3, -0.25) is 4.79 Å². The van der Waals surface area contributed by atoms with Crippen LogP contribution < -0.4 is 4.72 Å². The fraction of sp³-hybridized carbons (Fsp3) is 0.533. The van der Waals surface area contributed by atoms with Crippen molar-refractivity contribution >= 4 is 16.2 Å². The molecule has 1 aliphatic heterocycles. The zero-order chi connectivity index (χ0) is 16.7. The molecule has 0 radical (unpaired) electrons. The Bertz CT molecular complexity index is 699. The van der Waals surface area contributed by atoms with Crippen molar-refractivity contribution in [2.24, 2.45) is 5.92 Å². The Balaban J connectivity index is 1.61. The summed E-state index contributed by atoms with van der Waals surface area (Å²) in [7, 11) is -3.80. The number of halogens is 1.